The Morgan fingerprint density at radius 2 is 1.36 bits per heavy atom. The molecule has 36 heavy (non-hydrogen) atoms. The number of allylic oxidation sites excluding steroid dienone is 2. The lowest BCUT2D eigenvalue weighted by Crippen LogP contribution is -2.55. The number of hydrogen-bond acceptors (Lipinski definition) is 7. The molecule has 9 nitrogen and oxygen atoms in total. The molecule has 1 aromatic carbocycles. The van der Waals surface area contributed by atoms with Crippen LogP contribution in [0.1, 0.15) is 33.6 Å². The number of thiocarbonyl (C=S) groups is 1. The standard InChI is InChI=1S/C23H28Cl2N4O5S2/c1-4-26-18-13-16(24)17(25)14-19(18)29(11-7-8-12-36(32,33)34)20(26)10-9-15-21(30)27(5-2)23(35)28(6-3)22(15)31/h9-10,13-14H,4-8,11-12H2,1-3H3,(H,32,33,34). The van der Waals surface area contributed by atoms with Gasteiger partial charge in [0.2, 0.25) is 0 Å². The predicted molar refractivity (Wildman–Crippen MR) is 146 cm³/mol. The van der Waals surface area contributed by atoms with Crippen LogP contribution in [0.2, 0.25) is 10.0 Å². The second-order valence-electron chi connectivity index (χ2n) is 8.13. The lowest BCUT2D eigenvalue weighted by Gasteiger charge is -2.35. The molecule has 196 valence electrons. The van der Waals surface area contributed by atoms with Crippen molar-refractivity contribution in [3.8, 4) is 0 Å². The molecule has 1 fully saturated rings. The highest BCUT2D eigenvalue weighted by molar-refractivity contribution is 7.85. The number of benzene rings is 1. The average molecular weight is 576 g/mol. The highest BCUT2D eigenvalue weighted by Gasteiger charge is 2.38. The first-order chi connectivity index (χ1) is 16.9. The topological polar surface area (TPSA) is 101 Å². The van der Waals surface area contributed by atoms with E-state index in [4.69, 9.17) is 40.0 Å². The molecule has 2 heterocycles. The van der Waals surface area contributed by atoms with E-state index in [0.29, 0.717) is 48.5 Å². The Labute approximate surface area is 226 Å². The molecule has 0 aliphatic carbocycles. The highest BCUT2D eigenvalue weighted by Crippen LogP contribution is 2.45. The number of likely N-dealkylation sites (N-methyl/N-ethyl adjacent to an activating group) is 2. The molecule has 3 rings (SSSR count). The number of unbranched alkanes of at least 4 members (excludes halogenated alkanes) is 1. The maximum Gasteiger partial charge on any atom is 0.265 e. The molecule has 0 aromatic heterocycles. The van der Waals surface area contributed by atoms with E-state index < -0.39 is 21.9 Å². The van der Waals surface area contributed by atoms with E-state index in [1.54, 1.807) is 32.1 Å². The fraction of sp³-hybridized carbons (Fsp3) is 0.435. The van der Waals surface area contributed by atoms with Gasteiger partial charge in [0.05, 0.1) is 27.2 Å². The molecule has 2 aliphatic heterocycles. The second-order valence-corrected chi connectivity index (χ2v) is 10.9. The molecule has 0 spiro atoms. The number of anilines is 2. The Bertz CT molecular complexity index is 1220. The summed E-state index contributed by atoms with van der Waals surface area (Å²) in [6.07, 6.45) is 3.88. The number of nitrogens with zero attached hydrogens (tertiary/aromatic N) is 4. The van der Waals surface area contributed by atoms with Crippen LogP contribution in [-0.4, -0.2) is 71.6 Å². The molecule has 2 aliphatic rings. The van der Waals surface area contributed by atoms with Crippen molar-refractivity contribution < 1.29 is 22.6 Å². The third-order valence-electron chi connectivity index (χ3n) is 5.95. The van der Waals surface area contributed by atoms with Crippen molar-refractivity contribution in [2.24, 2.45) is 0 Å². The van der Waals surface area contributed by atoms with Crippen molar-refractivity contribution >= 4 is 73.8 Å². The highest BCUT2D eigenvalue weighted by atomic mass is 35.5. The van der Waals surface area contributed by atoms with Gasteiger partial charge in [-0.1, -0.05) is 23.2 Å². The van der Waals surface area contributed by atoms with Gasteiger partial charge in [0.25, 0.3) is 21.9 Å². The van der Waals surface area contributed by atoms with Crippen molar-refractivity contribution in [1.82, 2.24) is 9.80 Å². The van der Waals surface area contributed by atoms with Gasteiger partial charge < -0.3 is 9.80 Å². The van der Waals surface area contributed by atoms with E-state index in [1.165, 1.54) is 15.9 Å². The Morgan fingerprint density at radius 1 is 0.861 bits per heavy atom. The summed E-state index contributed by atoms with van der Waals surface area (Å²) in [4.78, 5) is 32.8. The van der Waals surface area contributed by atoms with E-state index in [1.807, 2.05) is 16.7 Å². The largest absolute Gasteiger partial charge is 0.326 e. The van der Waals surface area contributed by atoms with Crippen molar-refractivity contribution in [1.29, 1.82) is 0 Å². The summed E-state index contributed by atoms with van der Waals surface area (Å²) in [7, 11) is -4.07. The monoisotopic (exact) mass is 574 g/mol. The van der Waals surface area contributed by atoms with Crippen molar-refractivity contribution in [2.75, 3.05) is 41.7 Å². The zero-order chi connectivity index (χ0) is 26.8. The first-order valence-electron chi connectivity index (χ1n) is 11.5. The third-order valence-corrected chi connectivity index (χ3v) is 7.91. The molecular weight excluding hydrogens is 547 g/mol. The van der Waals surface area contributed by atoms with Gasteiger partial charge in [0, 0.05) is 26.2 Å². The molecule has 0 unspecified atom stereocenters. The number of carbonyl (C=O) groups is 2. The van der Waals surface area contributed by atoms with Crippen LogP contribution in [0.4, 0.5) is 11.4 Å². The molecule has 1 N–H and O–H groups in total. The van der Waals surface area contributed by atoms with E-state index in [-0.39, 0.29) is 22.9 Å². The van der Waals surface area contributed by atoms with Gasteiger partial charge in [-0.05, 0) is 70.1 Å². The predicted octanol–water partition coefficient (Wildman–Crippen LogP) is 4.07. The lowest BCUT2D eigenvalue weighted by molar-refractivity contribution is -0.133. The van der Waals surface area contributed by atoms with Gasteiger partial charge in [0.1, 0.15) is 11.4 Å². The minimum Gasteiger partial charge on any atom is -0.326 e. The Hall–Kier alpha value is -2.18. The molecule has 0 bridgehead atoms. The van der Waals surface area contributed by atoms with Gasteiger partial charge in [-0.3, -0.25) is 23.9 Å². The molecule has 0 saturated carbocycles. The van der Waals surface area contributed by atoms with Gasteiger partial charge in [-0.15, -0.1) is 0 Å². The number of hydrogen-bond donors (Lipinski definition) is 1. The van der Waals surface area contributed by atoms with E-state index in [2.05, 4.69) is 0 Å². The number of rotatable bonds is 9. The molecule has 0 radical (unpaired) electrons. The molecule has 1 saturated heterocycles. The van der Waals surface area contributed by atoms with E-state index in [9.17, 15) is 18.0 Å². The first kappa shape index (κ1) is 28.4. The van der Waals surface area contributed by atoms with Gasteiger partial charge in [-0.2, -0.15) is 8.42 Å². The fourth-order valence-electron chi connectivity index (χ4n) is 4.21. The van der Waals surface area contributed by atoms with Crippen LogP contribution in [0.25, 0.3) is 0 Å². The summed E-state index contributed by atoms with van der Waals surface area (Å²) in [6.45, 7) is 7.14. The lowest BCUT2D eigenvalue weighted by atomic mass is 10.1. The number of fused-ring (bicyclic) bond motifs is 1. The van der Waals surface area contributed by atoms with Crippen molar-refractivity contribution in [3.63, 3.8) is 0 Å². The zero-order valence-electron chi connectivity index (χ0n) is 20.2. The third kappa shape index (κ3) is 5.70. The van der Waals surface area contributed by atoms with Crippen LogP contribution in [0, 0.1) is 0 Å². The molecule has 2 amide bonds. The quantitative estimate of drug-likeness (QED) is 0.155. The normalized spacial score (nSPS) is 17.6. The summed E-state index contributed by atoms with van der Waals surface area (Å²) in [5.41, 5.74) is 1.55. The minimum atomic E-state index is -4.07. The van der Waals surface area contributed by atoms with Gasteiger partial charge in [-0.25, -0.2) is 0 Å². The van der Waals surface area contributed by atoms with E-state index in [0.717, 1.165) is 11.4 Å². The molecule has 1 aromatic rings. The zero-order valence-corrected chi connectivity index (χ0v) is 23.3. The van der Waals surface area contributed by atoms with Crippen LogP contribution in [0.3, 0.4) is 0 Å². The average Bonchev–Trinajstić information content (AvgIpc) is 3.08. The Morgan fingerprint density at radius 3 is 1.83 bits per heavy atom. The first-order valence-corrected chi connectivity index (χ1v) is 14.3. The summed E-state index contributed by atoms with van der Waals surface area (Å²) < 4.78 is 31.3. The number of halogens is 2. The van der Waals surface area contributed by atoms with Crippen molar-refractivity contribution in [2.45, 2.75) is 33.6 Å². The Balaban J connectivity index is 2.04. The van der Waals surface area contributed by atoms with Crippen LogP contribution in [-0.2, 0) is 19.7 Å². The van der Waals surface area contributed by atoms with Crippen LogP contribution < -0.4 is 9.80 Å². The maximum atomic E-state index is 13.0. The van der Waals surface area contributed by atoms with Crippen molar-refractivity contribution in [3.05, 3.63) is 45.7 Å². The maximum absolute atomic E-state index is 13.0. The molecule has 0 atom stereocenters. The SMILES string of the molecule is CCN1C(=O)C(=CC=C2N(CC)c3cc(Cl)c(Cl)cc3N2CCCCS(=O)(=O)O)C(=O)N(CC)C1=S. The summed E-state index contributed by atoms with van der Waals surface area (Å²) in [5.74, 6) is -0.597. The summed E-state index contributed by atoms with van der Waals surface area (Å²) in [5, 5.41) is 0.924. The summed E-state index contributed by atoms with van der Waals surface area (Å²) in [6, 6.07) is 3.47. The van der Waals surface area contributed by atoms with Crippen LogP contribution in [0.15, 0.2) is 35.7 Å². The van der Waals surface area contributed by atoms with Crippen LogP contribution >= 0.6 is 35.4 Å². The molecule has 13 heteroatoms. The number of amides is 2. The van der Waals surface area contributed by atoms with Gasteiger partial charge in [0.15, 0.2) is 5.11 Å². The summed E-state index contributed by atoms with van der Waals surface area (Å²) >= 11 is 17.9. The smallest absolute Gasteiger partial charge is 0.265 e. The van der Waals surface area contributed by atoms with Gasteiger partial charge >= 0.3 is 0 Å². The molecular formula is C23H28Cl2N4O5S2. The Kier molecular flexibility index (Phi) is 9.05. The minimum absolute atomic E-state index is 0.00537. The fourth-order valence-corrected chi connectivity index (χ4v) is 5.52. The second kappa shape index (κ2) is 11.5. The van der Waals surface area contributed by atoms with Crippen LogP contribution in [0.5, 0.6) is 0 Å². The number of carbonyl (C=O) groups excluding carboxylic acids is 2. The van der Waals surface area contributed by atoms with E-state index >= 15 is 0 Å².